The van der Waals surface area contributed by atoms with E-state index in [-0.39, 0.29) is 25.7 Å². The van der Waals surface area contributed by atoms with Crippen LogP contribution in [-0.4, -0.2) is 96.7 Å². The van der Waals surface area contributed by atoms with Gasteiger partial charge < -0.3 is 33.8 Å². The third kappa shape index (κ3) is 74.7. The molecule has 6 atom stereocenters. The maximum absolute atomic E-state index is 13.1. The molecule has 0 spiro atoms. The minimum absolute atomic E-state index is 0.107. The van der Waals surface area contributed by atoms with Gasteiger partial charge in [-0.2, -0.15) is 0 Å². The van der Waals surface area contributed by atoms with Gasteiger partial charge >= 0.3 is 39.5 Å². The van der Waals surface area contributed by atoms with E-state index in [1.165, 1.54) is 244 Å². The fourth-order valence-corrected chi connectivity index (χ4v) is 14.3. The summed E-state index contributed by atoms with van der Waals surface area (Å²) in [6.45, 7) is 9.63. The van der Waals surface area contributed by atoms with Crippen molar-refractivity contribution in [3.63, 3.8) is 0 Å². The minimum Gasteiger partial charge on any atom is -0.462 e. The first kappa shape index (κ1) is 99.1. The van der Waals surface area contributed by atoms with Crippen molar-refractivity contribution in [1.82, 2.24) is 0 Å². The molecule has 0 saturated carbocycles. The lowest BCUT2D eigenvalue weighted by Gasteiger charge is -2.21. The van der Waals surface area contributed by atoms with Gasteiger partial charge in [0.25, 0.3) is 0 Å². The molecule has 0 amide bonds. The van der Waals surface area contributed by atoms with Gasteiger partial charge in [-0.25, -0.2) is 9.13 Å². The molecule has 0 saturated heterocycles. The Kier molecular flexibility index (Phi) is 72.2. The third-order valence-corrected chi connectivity index (χ3v) is 21.5. The van der Waals surface area contributed by atoms with E-state index in [0.29, 0.717) is 25.7 Å². The smallest absolute Gasteiger partial charge is 0.462 e. The van der Waals surface area contributed by atoms with Crippen LogP contribution in [0.5, 0.6) is 0 Å². The number of phosphoric acid groups is 2. The maximum atomic E-state index is 13.1. The van der Waals surface area contributed by atoms with Gasteiger partial charge in [0, 0.05) is 25.7 Å². The van der Waals surface area contributed by atoms with E-state index < -0.39 is 97.5 Å². The molecule has 0 aromatic heterocycles. The van der Waals surface area contributed by atoms with E-state index in [9.17, 15) is 43.2 Å². The zero-order valence-corrected chi connectivity index (χ0v) is 68.0. The van der Waals surface area contributed by atoms with E-state index >= 15 is 0 Å². The SMILES string of the molecule is CCCCCCCCCCCCCCCCCCCCCCC(=O)O[C@H](COC(=O)CCCCCCCCCCCCCCCCCC(C)C)COP(=O)(O)OC[C@@H](O)COP(=O)(O)OC[C@@H](COC(=O)CCCCCCCCC(C)CC)OC(=O)CCCCCCCCCCCCCCC. The maximum Gasteiger partial charge on any atom is 0.472 e. The highest BCUT2D eigenvalue weighted by Gasteiger charge is 2.30. The van der Waals surface area contributed by atoms with Crippen LogP contribution < -0.4 is 0 Å². The third-order valence-electron chi connectivity index (χ3n) is 19.6. The van der Waals surface area contributed by atoms with Crippen LogP contribution in [0.1, 0.15) is 433 Å². The monoisotopic (exact) mass is 1480 g/mol. The fourth-order valence-electron chi connectivity index (χ4n) is 12.7. The van der Waals surface area contributed by atoms with Gasteiger partial charge in [0.05, 0.1) is 26.4 Å². The number of hydrogen-bond donors (Lipinski definition) is 3. The van der Waals surface area contributed by atoms with Crippen LogP contribution in [0.4, 0.5) is 0 Å². The summed E-state index contributed by atoms with van der Waals surface area (Å²) >= 11 is 0. The molecule has 0 aliphatic carbocycles. The highest BCUT2D eigenvalue weighted by Crippen LogP contribution is 2.45. The Hall–Kier alpha value is -1.94. The molecule has 0 bridgehead atoms. The molecule has 0 heterocycles. The number of carbonyl (C=O) groups is 4. The summed E-state index contributed by atoms with van der Waals surface area (Å²) in [7, 11) is -9.92. The van der Waals surface area contributed by atoms with Crippen LogP contribution in [0, 0.1) is 11.8 Å². The van der Waals surface area contributed by atoms with Gasteiger partial charge in [0.1, 0.15) is 19.3 Å². The molecular weight excluding hydrogens is 1320 g/mol. The number of aliphatic hydroxyl groups is 1. The number of rotatable bonds is 81. The molecule has 101 heavy (non-hydrogen) atoms. The Bertz CT molecular complexity index is 1940. The second-order valence-corrected chi connectivity index (χ2v) is 33.1. The molecule has 0 aromatic carbocycles. The van der Waals surface area contributed by atoms with E-state index in [1.54, 1.807) is 0 Å². The summed E-state index contributed by atoms with van der Waals surface area (Å²) in [5.74, 6) is -0.570. The molecular formula is C82H160O17P2. The van der Waals surface area contributed by atoms with Gasteiger partial charge in [-0.15, -0.1) is 0 Å². The van der Waals surface area contributed by atoms with Gasteiger partial charge in [-0.3, -0.25) is 37.3 Å². The van der Waals surface area contributed by atoms with Crippen molar-refractivity contribution in [2.75, 3.05) is 39.6 Å². The Morgan fingerprint density at radius 1 is 0.287 bits per heavy atom. The number of esters is 4. The van der Waals surface area contributed by atoms with Crippen molar-refractivity contribution in [3.05, 3.63) is 0 Å². The topological polar surface area (TPSA) is 237 Å². The van der Waals surface area contributed by atoms with Crippen LogP contribution in [-0.2, 0) is 65.4 Å². The lowest BCUT2D eigenvalue weighted by Crippen LogP contribution is -2.30. The highest BCUT2D eigenvalue weighted by molar-refractivity contribution is 7.47. The van der Waals surface area contributed by atoms with Crippen molar-refractivity contribution in [2.24, 2.45) is 11.8 Å². The Morgan fingerprint density at radius 2 is 0.505 bits per heavy atom. The normalized spacial score (nSPS) is 14.2. The first-order valence-corrected chi connectivity index (χ1v) is 45.5. The molecule has 3 N–H and O–H groups in total. The Morgan fingerprint density at radius 3 is 0.752 bits per heavy atom. The first-order chi connectivity index (χ1) is 48.9. The highest BCUT2D eigenvalue weighted by atomic mass is 31.2. The minimum atomic E-state index is -4.96. The lowest BCUT2D eigenvalue weighted by molar-refractivity contribution is -0.161. The standard InChI is InChI=1S/C82H160O17P2/c1-7-10-12-14-16-18-20-22-23-24-25-26-27-30-35-39-43-47-55-61-67-81(86)98-77(70-92-79(84)64-58-52-45-41-37-34-31-28-29-33-36-40-44-50-56-62-74(4)5)72-96-100(88,89)94-68-76(83)69-95-101(90,91)97-73-78(71-93-80(85)65-59-53-49-48-51-57-63-75(6)9-3)99-82(87)66-60-54-46-42-38-32-21-19-17-15-13-11-8-2/h74-78,83H,7-73H2,1-6H3,(H,88,89)(H,90,91)/t75?,76-,77-,78-/m1/s1. The van der Waals surface area contributed by atoms with Crippen molar-refractivity contribution in [3.8, 4) is 0 Å². The number of unbranched alkanes of at least 4 members (excludes halogenated alkanes) is 50. The summed E-state index contributed by atoms with van der Waals surface area (Å²) in [5.41, 5.74) is 0. The molecule has 0 rings (SSSR count). The van der Waals surface area contributed by atoms with Gasteiger partial charge in [-0.1, -0.05) is 382 Å². The second-order valence-electron chi connectivity index (χ2n) is 30.2. The largest absolute Gasteiger partial charge is 0.472 e. The number of hydrogen-bond acceptors (Lipinski definition) is 15. The summed E-state index contributed by atoms with van der Waals surface area (Å²) in [6, 6.07) is 0. The van der Waals surface area contributed by atoms with E-state index in [0.717, 1.165) is 108 Å². The molecule has 0 aliphatic heterocycles. The lowest BCUT2D eigenvalue weighted by atomic mass is 10.00. The zero-order chi connectivity index (χ0) is 74.2. The number of carbonyl (C=O) groups excluding carboxylic acids is 4. The van der Waals surface area contributed by atoms with Gasteiger partial charge in [0.2, 0.25) is 0 Å². The fraction of sp³-hybridized carbons (Fsp3) is 0.951. The Balaban J connectivity index is 5.23. The van der Waals surface area contributed by atoms with E-state index in [4.69, 9.17) is 37.0 Å². The molecule has 0 aromatic rings. The predicted molar refractivity (Wildman–Crippen MR) is 414 cm³/mol. The Labute approximate surface area is 619 Å². The molecule has 19 heteroatoms. The molecule has 17 nitrogen and oxygen atoms in total. The van der Waals surface area contributed by atoms with Gasteiger partial charge in [0.15, 0.2) is 12.2 Å². The average Bonchev–Trinajstić information content (AvgIpc) is 0.952. The average molecular weight is 1480 g/mol. The number of phosphoric ester groups is 2. The van der Waals surface area contributed by atoms with Crippen molar-refractivity contribution >= 4 is 39.5 Å². The summed E-state index contributed by atoms with van der Waals surface area (Å²) < 4.78 is 68.7. The van der Waals surface area contributed by atoms with Crippen LogP contribution in [0.3, 0.4) is 0 Å². The van der Waals surface area contributed by atoms with Crippen molar-refractivity contribution in [2.45, 2.75) is 452 Å². The second kappa shape index (κ2) is 73.6. The first-order valence-electron chi connectivity index (χ1n) is 42.5. The number of ether oxygens (including phenoxy) is 4. The summed E-state index contributed by atoms with van der Waals surface area (Å²) in [4.78, 5) is 73.0. The van der Waals surface area contributed by atoms with Crippen molar-refractivity contribution < 1.29 is 80.2 Å². The van der Waals surface area contributed by atoms with Crippen LogP contribution in [0.15, 0.2) is 0 Å². The molecule has 0 aliphatic rings. The van der Waals surface area contributed by atoms with E-state index in [1.807, 2.05) is 0 Å². The quantitative estimate of drug-likeness (QED) is 0.0222. The van der Waals surface area contributed by atoms with Crippen LogP contribution in [0.2, 0.25) is 0 Å². The summed E-state index contributed by atoms with van der Waals surface area (Å²) in [5, 5.41) is 10.6. The van der Waals surface area contributed by atoms with Crippen LogP contribution in [0.25, 0.3) is 0 Å². The zero-order valence-electron chi connectivity index (χ0n) is 66.2. The van der Waals surface area contributed by atoms with Crippen LogP contribution >= 0.6 is 15.6 Å². The predicted octanol–water partition coefficient (Wildman–Crippen LogP) is 24.7. The van der Waals surface area contributed by atoms with E-state index in [2.05, 4.69) is 41.5 Å². The molecule has 0 radical (unpaired) electrons. The van der Waals surface area contributed by atoms with Gasteiger partial charge in [-0.05, 0) is 37.5 Å². The number of aliphatic hydroxyl groups excluding tert-OH is 1. The molecule has 600 valence electrons. The summed E-state index contributed by atoms with van der Waals surface area (Å²) in [6.07, 6.45) is 63.9. The molecule has 0 fully saturated rings. The molecule has 3 unspecified atom stereocenters. The van der Waals surface area contributed by atoms with Crippen molar-refractivity contribution in [1.29, 1.82) is 0 Å².